The number of hydrogen-bond acceptors (Lipinski definition) is 8. The van der Waals surface area contributed by atoms with Gasteiger partial charge < -0.3 is 47.3 Å². The van der Waals surface area contributed by atoms with Gasteiger partial charge in [-0.2, -0.15) is 0 Å². The van der Waals surface area contributed by atoms with Gasteiger partial charge in [-0.3, -0.25) is 28.8 Å². The molecule has 6 atom stereocenters. The van der Waals surface area contributed by atoms with Crippen molar-refractivity contribution in [1.82, 2.24) is 36.5 Å². The van der Waals surface area contributed by atoms with E-state index in [1.165, 1.54) is 32.7 Å². The van der Waals surface area contributed by atoms with Crippen molar-refractivity contribution in [2.75, 3.05) is 13.6 Å². The number of benzene rings is 3. The molecular formula is C44H56N8O7. The van der Waals surface area contributed by atoms with Crippen molar-refractivity contribution in [3.05, 3.63) is 108 Å². The molecule has 6 amide bonds. The Kier molecular flexibility index (Phi) is 15.0. The third-order valence-corrected chi connectivity index (χ3v) is 10.9. The fourth-order valence-corrected chi connectivity index (χ4v) is 7.06. The summed E-state index contributed by atoms with van der Waals surface area (Å²) in [5.41, 5.74) is 7.15. The molecule has 0 unspecified atom stereocenters. The van der Waals surface area contributed by atoms with Crippen LogP contribution in [0, 0.1) is 0 Å². The van der Waals surface area contributed by atoms with E-state index in [4.69, 9.17) is 5.73 Å². The van der Waals surface area contributed by atoms with E-state index in [1.54, 1.807) is 42.6 Å². The number of likely N-dealkylation sites (N-methyl/N-ethyl adjacent to an activating group) is 1. The highest BCUT2D eigenvalue weighted by atomic mass is 16.3. The second-order valence-electron chi connectivity index (χ2n) is 15.6. The number of aliphatic hydroxyl groups excluding tert-OH is 1. The van der Waals surface area contributed by atoms with Crippen LogP contribution < -0.4 is 32.3 Å². The van der Waals surface area contributed by atoms with Crippen LogP contribution in [-0.2, 0) is 48.0 Å². The number of rotatable bonds is 11. The molecule has 3 aromatic carbocycles. The number of hydrogen-bond donors (Lipinski definition) is 8. The summed E-state index contributed by atoms with van der Waals surface area (Å²) in [6, 6.07) is 19.0. The molecule has 1 aromatic heterocycles. The van der Waals surface area contributed by atoms with E-state index in [2.05, 4.69) is 31.6 Å². The zero-order valence-electron chi connectivity index (χ0n) is 34.0. The standard InChI is InChI=1S/C44H56N8O7/c1-27(53)37-41(57)49-36(24-29-17-9-6-10-18-29)42(58)52(4)44(2,3)43(59)50-34(23-28-15-7-5-8-16-28)39(55)48-35(25-30-26-46-32-20-12-11-19-31(30)32)40(56)47-33(38(54)51-37)21-13-14-22-45/h5-12,15-20,26-27,33-37,46,53H,13-14,21-25,45H2,1-4H3,(H,47,56)(H,48,55)(H,49,57)(H,50,59)(H,51,54)/t27-,33+,34+,35-,36+,37+/m1/s1. The summed E-state index contributed by atoms with van der Waals surface area (Å²) in [6.45, 7) is 4.70. The van der Waals surface area contributed by atoms with Gasteiger partial charge >= 0.3 is 0 Å². The predicted octanol–water partition coefficient (Wildman–Crippen LogP) is 1.38. The number of nitrogens with one attached hydrogen (secondary N) is 6. The maximum atomic E-state index is 14.5. The quantitative estimate of drug-likeness (QED) is 0.103. The zero-order chi connectivity index (χ0) is 42.7. The lowest BCUT2D eigenvalue weighted by Crippen LogP contribution is -2.65. The summed E-state index contributed by atoms with van der Waals surface area (Å²) in [4.78, 5) is 90.0. The number of amides is 6. The Bertz CT molecular complexity index is 2090. The summed E-state index contributed by atoms with van der Waals surface area (Å²) >= 11 is 0. The van der Waals surface area contributed by atoms with Gasteiger partial charge in [0.05, 0.1) is 6.10 Å². The van der Waals surface area contributed by atoms with Gasteiger partial charge in [-0.1, -0.05) is 78.9 Å². The maximum absolute atomic E-state index is 14.5. The monoisotopic (exact) mass is 808 g/mol. The normalized spacial score (nSPS) is 22.9. The molecule has 314 valence electrons. The number of carbonyl (C=O) groups is 6. The number of fused-ring (bicyclic) bond motifs is 1. The average Bonchev–Trinajstić information content (AvgIpc) is 3.63. The highest BCUT2D eigenvalue weighted by Gasteiger charge is 2.42. The van der Waals surface area contributed by atoms with Crippen LogP contribution in [-0.4, -0.2) is 106 Å². The van der Waals surface area contributed by atoms with Gasteiger partial charge in [-0.25, -0.2) is 0 Å². The van der Waals surface area contributed by atoms with Crippen molar-refractivity contribution < 1.29 is 33.9 Å². The third-order valence-electron chi connectivity index (χ3n) is 10.9. The predicted molar refractivity (Wildman–Crippen MR) is 223 cm³/mol. The van der Waals surface area contributed by atoms with Crippen LogP contribution in [0.1, 0.15) is 56.7 Å². The molecule has 0 saturated carbocycles. The maximum Gasteiger partial charge on any atom is 0.246 e. The van der Waals surface area contributed by atoms with Crippen molar-refractivity contribution in [3.8, 4) is 0 Å². The van der Waals surface area contributed by atoms with Crippen molar-refractivity contribution in [2.24, 2.45) is 5.73 Å². The molecular weight excluding hydrogens is 753 g/mol. The number of para-hydroxylation sites is 1. The smallest absolute Gasteiger partial charge is 0.246 e. The molecule has 4 aromatic rings. The Labute approximate surface area is 344 Å². The molecule has 0 spiro atoms. The first-order chi connectivity index (χ1) is 28.2. The number of nitrogens with zero attached hydrogens (tertiary/aromatic N) is 1. The molecule has 1 aliphatic rings. The number of carbonyl (C=O) groups excluding carboxylic acids is 6. The Morgan fingerprint density at radius 2 is 1.19 bits per heavy atom. The molecule has 2 heterocycles. The first kappa shape index (κ1) is 44.1. The fraction of sp³-hybridized carbons (Fsp3) is 0.409. The van der Waals surface area contributed by atoms with E-state index >= 15 is 0 Å². The topological polar surface area (TPSA) is 228 Å². The SMILES string of the molecule is C[C@@H](O)[C@@H]1NC(=O)[C@H](CCCCN)NC(=O)[C@@H](Cc2c[nH]c3ccccc23)NC(=O)[C@H](Cc2ccccc2)NC(=O)C(C)(C)N(C)C(=O)[C@H](Cc2ccccc2)NC1=O. The molecule has 0 radical (unpaired) electrons. The van der Waals surface area contributed by atoms with E-state index < -0.39 is 77.3 Å². The van der Waals surface area contributed by atoms with Crippen molar-refractivity contribution in [2.45, 2.75) is 101 Å². The average molecular weight is 809 g/mol. The summed E-state index contributed by atoms with van der Waals surface area (Å²) in [5, 5.41) is 25.5. The van der Waals surface area contributed by atoms with Crippen LogP contribution in [0.3, 0.4) is 0 Å². The molecule has 0 aliphatic carbocycles. The second kappa shape index (κ2) is 20.1. The minimum Gasteiger partial charge on any atom is -0.391 e. The van der Waals surface area contributed by atoms with Gasteiger partial charge in [0.15, 0.2) is 0 Å². The van der Waals surface area contributed by atoms with Gasteiger partial charge in [0.2, 0.25) is 35.4 Å². The molecule has 1 fully saturated rings. The Morgan fingerprint density at radius 3 is 1.80 bits per heavy atom. The number of unbranched alkanes of at least 4 members (excludes halogenated alkanes) is 1. The number of aromatic nitrogens is 1. The zero-order valence-corrected chi connectivity index (χ0v) is 34.0. The first-order valence-electron chi connectivity index (χ1n) is 20.0. The van der Waals surface area contributed by atoms with E-state index in [-0.39, 0.29) is 25.7 Å². The second-order valence-corrected chi connectivity index (χ2v) is 15.6. The van der Waals surface area contributed by atoms with Crippen LogP contribution >= 0.6 is 0 Å². The van der Waals surface area contributed by atoms with E-state index in [1.807, 2.05) is 48.5 Å². The lowest BCUT2D eigenvalue weighted by Gasteiger charge is -2.38. The summed E-state index contributed by atoms with van der Waals surface area (Å²) in [7, 11) is 1.43. The lowest BCUT2D eigenvalue weighted by atomic mass is 9.96. The summed E-state index contributed by atoms with van der Waals surface area (Å²) in [5.74, 6) is -4.25. The van der Waals surface area contributed by atoms with Crippen LogP contribution in [0.2, 0.25) is 0 Å². The molecule has 0 bridgehead atoms. The Balaban J connectivity index is 1.58. The van der Waals surface area contributed by atoms with Crippen molar-refractivity contribution in [1.29, 1.82) is 0 Å². The highest BCUT2D eigenvalue weighted by Crippen LogP contribution is 2.21. The summed E-state index contributed by atoms with van der Waals surface area (Å²) in [6.07, 6.45) is 1.48. The molecule has 1 saturated heterocycles. The summed E-state index contributed by atoms with van der Waals surface area (Å²) < 4.78 is 0. The number of nitrogens with two attached hydrogens (primary N) is 1. The molecule has 9 N–H and O–H groups in total. The Morgan fingerprint density at radius 1 is 0.661 bits per heavy atom. The van der Waals surface area contributed by atoms with Gasteiger partial charge in [0, 0.05) is 43.4 Å². The van der Waals surface area contributed by atoms with Crippen LogP contribution in [0.5, 0.6) is 0 Å². The van der Waals surface area contributed by atoms with E-state index in [9.17, 15) is 33.9 Å². The van der Waals surface area contributed by atoms with E-state index in [0.29, 0.717) is 30.5 Å². The van der Waals surface area contributed by atoms with Crippen LogP contribution in [0.15, 0.2) is 91.1 Å². The fourth-order valence-electron chi connectivity index (χ4n) is 7.06. The lowest BCUT2D eigenvalue weighted by molar-refractivity contribution is -0.147. The molecule has 15 heteroatoms. The van der Waals surface area contributed by atoms with Gasteiger partial charge in [-0.05, 0) is 69.3 Å². The molecule has 1 aliphatic heterocycles. The van der Waals surface area contributed by atoms with Gasteiger partial charge in [0.1, 0.15) is 35.7 Å². The number of H-pyrrole nitrogens is 1. The Hall–Kier alpha value is -6.06. The van der Waals surface area contributed by atoms with Crippen molar-refractivity contribution >= 4 is 46.3 Å². The van der Waals surface area contributed by atoms with E-state index in [0.717, 1.165) is 16.5 Å². The first-order valence-corrected chi connectivity index (χ1v) is 20.0. The van der Waals surface area contributed by atoms with Crippen molar-refractivity contribution in [3.63, 3.8) is 0 Å². The highest BCUT2D eigenvalue weighted by molar-refractivity contribution is 5.99. The number of aliphatic hydroxyl groups is 1. The molecule has 15 nitrogen and oxygen atoms in total. The third kappa shape index (κ3) is 11.3. The molecule has 5 rings (SSSR count). The minimum absolute atomic E-state index is 0.00890. The van der Waals surface area contributed by atoms with Crippen LogP contribution in [0.25, 0.3) is 10.9 Å². The minimum atomic E-state index is -1.58. The van der Waals surface area contributed by atoms with Gasteiger partial charge in [-0.15, -0.1) is 0 Å². The van der Waals surface area contributed by atoms with Gasteiger partial charge in [0.25, 0.3) is 0 Å². The number of aromatic amines is 1. The largest absolute Gasteiger partial charge is 0.391 e. The van der Waals surface area contributed by atoms with Crippen LogP contribution in [0.4, 0.5) is 0 Å². The molecule has 59 heavy (non-hydrogen) atoms.